The summed E-state index contributed by atoms with van der Waals surface area (Å²) < 4.78 is 1.65. The molecule has 1 heterocycles. The minimum atomic E-state index is -0.0122. The minimum absolute atomic E-state index is 0.0122. The zero-order valence-corrected chi connectivity index (χ0v) is 9.45. The molecule has 0 atom stereocenters. The highest BCUT2D eigenvalue weighted by Crippen LogP contribution is 2.00. The summed E-state index contributed by atoms with van der Waals surface area (Å²) in [4.78, 5) is 11.4. The molecule has 0 spiro atoms. The van der Waals surface area contributed by atoms with Crippen LogP contribution < -0.4 is 10.6 Å². The molecule has 5 nitrogen and oxygen atoms in total. The van der Waals surface area contributed by atoms with Crippen LogP contribution in [-0.2, 0) is 11.8 Å². The van der Waals surface area contributed by atoms with E-state index in [0.29, 0.717) is 24.8 Å². The standard InChI is InChI=1S/C10H18N4O/c1-8(2)11-6-4-10(15)12-9-5-7-14(3)13-9/h5,7-8,11H,4,6H2,1-3H3,(H,12,13,15). The molecule has 0 saturated heterocycles. The molecule has 0 radical (unpaired) electrons. The lowest BCUT2D eigenvalue weighted by atomic mass is 10.3. The molecule has 15 heavy (non-hydrogen) atoms. The molecule has 1 rings (SSSR count). The smallest absolute Gasteiger partial charge is 0.226 e. The Kier molecular flexibility index (Phi) is 4.30. The van der Waals surface area contributed by atoms with Crippen LogP contribution in [-0.4, -0.2) is 28.3 Å². The summed E-state index contributed by atoms with van der Waals surface area (Å²) in [6, 6.07) is 2.18. The normalized spacial score (nSPS) is 10.7. The van der Waals surface area contributed by atoms with Gasteiger partial charge in [0.2, 0.25) is 5.91 Å². The van der Waals surface area contributed by atoms with Gasteiger partial charge in [-0.05, 0) is 0 Å². The molecule has 0 aromatic carbocycles. The summed E-state index contributed by atoms with van der Waals surface area (Å²) in [5.41, 5.74) is 0. The highest BCUT2D eigenvalue weighted by atomic mass is 16.1. The molecular weight excluding hydrogens is 192 g/mol. The predicted molar refractivity (Wildman–Crippen MR) is 59.6 cm³/mol. The van der Waals surface area contributed by atoms with Gasteiger partial charge in [0, 0.05) is 38.3 Å². The number of hydrogen-bond donors (Lipinski definition) is 2. The second kappa shape index (κ2) is 5.50. The van der Waals surface area contributed by atoms with E-state index in [-0.39, 0.29) is 5.91 Å². The van der Waals surface area contributed by atoms with Crippen LogP contribution in [0.25, 0.3) is 0 Å². The summed E-state index contributed by atoms with van der Waals surface area (Å²) in [6.07, 6.45) is 2.26. The molecule has 0 fully saturated rings. The van der Waals surface area contributed by atoms with Crippen molar-refractivity contribution in [3.63, 3.8) is 0 Å². The van der Waals surface area contributed by atoms with Gasteiger partial charge in [0.15, 0.2) is 5.82 Å². The lowest BCUT2D eigenvalue weighted by Crippen LogP contribution is -2.27. The Morgan fingerprint density at radius 1 is 1.60 bits per heavy atom. The fourth-order valence-electron chi connectivity index (χ4n) is 1.16. The molecular formula is C10H18N4O. The van der Waals surface area contributed by atoms with E-state index < -0.39 is 0 Å². The van der Waals surface area contributed by atoms with Crippen LogP contribution in [0.1, 0.15) is 20.3 Å². The molecule has 1 aromatic heterocycles. The molecule has 84 valence electrons. The Bertz CT molecular complexity index is 319. The molecule has 1 aromatic rings. The van der Waals surface area contributed by atoms with E-state index in [4.69, 9.17) is 0 Å². The largest absolute Gasteiger partial charge is 0.314 e. The van der Waals surface area contributed by atoms with Crippen molar-refractivity contribution in [2.24, 2.45) is 7.05 Å². The first-order valence-electron chi connectivity index (χ1n) is 5.11. The zero-order chi connectivity index (χ0) is 11.3. The second-order valence-corrected chi connectivity index (χ2v) is 3.78. The fraction of sp³-hybridized carbons (Fsp3) is 0.600. The molecule has 2 N–H and O–H groups in total. The van der Waals surface area contributed by atoms with Gasteiger partial charge in [0.05, 0.1) is 0 Å². The van der Waals surface area contributed by atoms with Crippen molar-refractivity contribution in [3.05, 3.63) is 12.3 Å². The number of carbonyl (C=O) groups excluding carboxylic acids is 1. The summed E-state index contributed by atoms with van der Waals surface area (Å²) in [5.74, 6) is 0.592. The van der Waals surface area contributed by atoms with Crippen molar-refractivity contribution in [1.29, 1.82) is 0 Å². The Labute approximate surface area is 89.9 Å². The predicted octanol–water partition coefficient (Wildman–Crippen LogP) is 0.747. The average molecular weight is 210 g/mol. The van der Waals surface area contributed by atoms with E-state index in [2.05, 4.69) is 29.6 Å². The van der Waals surface area contributed by atoms with Gasteiger partial charge in [0.1, 0.15) is 0 Å². The second-order valence-electron chi connectivity index (χ2n) is 3.78. The van der Waals surface area contributed by atoms with Gasteiger partial charge in [-0.3, -0.25) is 9.48 Å². The molecule has 0 aliphatic carbocycles. The van der Waals surface area contributed by atoms with E-state index in [1.165, 1.54) is 0 Å². The van der Waals surface area contributed by atoms with Crippen LogP contribution in [0.15, 0.2) is 12.3 Å². The Morgan fingerprint density at radius 3 is 2.87 bits per heavy atom. The van der Waals surface area contributed by atoms with Gasteiger partial charge in [-0.2, -0.15) is 5.10 Å². The van der Waals surface area contributed by atoms with E-state index in [1.807, 2.05) is 7.05 Å². The van der Waals surface area contributed by atoms with Crippen molar-refractivity contribution in [3.8, 4) is 0 Å². The Balaban J connectivity index is 2.24. The van der Waals surface area contributed by atoms with Crippen LogP contribution in [0, 0.1) is 0 Å². The number of nitrogens with zero attached hydrogens (tertiary/aromatic N) is 2. The van der Waals surface area contributed by atoms with Crippen molar-refractivity contribution in [2.45, 2.75) is 26.3 Å². The maximum Gasteiger partial charge on any atom is 0.226 e. The molecule has 0 aliphatic heterocycles. The van der Waals surface area contributed by atoms with E-state index in [1.54, 1.807) is 16.9 Å². The average Bonchev–Trinajstić information content (AvgIpc) is 2.50. The topological polar surface area (TPSA) is 59.0 Å². The lowest BCUT2D eigenvalue weighted by molar-refractivity contribution is -0.116. The maximum absolute atomic E-state index is 11.4. The molecule has 0 aliphatic rings. The fourth-order valence-corrected chi connectivity index (χ4v) is 1.16. The molecule has 0 bridgehead atoms. The van der Waals surface area contributed by atoms with Gasteiger partial charge < -0.3 is 10.6 Å². The Hall–Kier alpha value is -1.36. The third-order valence-electron chi connectivity index (χ3n) is 1.89. The number of rotatable bonds is 5. The third-order valence-corrected chi connectivity index (χ3v) is 1.89. The first-order chi connectivity index (χ1) is 7.08. The lowest BCUT2D eigenvalue weighted by Gasteiger charge is -2.07. The number of nitrogens with one attached hydrogen (secondary N) is 2. The van der Waals surface area contributed by atoms with Crippen LogP contribution in [0.3, 0.4) is 0 Å². The monoisotopic (exact) mass is 210 g/mol. The Morgan fingerprint density at radius 2 is 2.33 bits per heavy atom. The van der Waals surface area contributed by atoms with Crippen LogP contribution in [0.2, 0.25) is 0 Å². The summed E-state index contributed by atoms with van der Waals surface area (Å²) in [6.45, 7) is 4.80. The zero-order valence-electron chi connectivity index (χ0n) is 9.45. The molecule has 5 heteroatoms. The van der Waals surface area contributed by atoms with Crippen molar-refractivity contribution in [2.75, 3.05) is 11.9 Å². The summed E-state index contributed by atoms with van der Waals surface area (Å²) in [5, 5.41) is 9.96. The van der Waals surface area contributed by atoms with E-state index in [0.717, 1.165) is 0 Å². The van der Waals surface area contributed by atoms with Crippen LogP contribution in [0.5, 0.6) is 0 Å². The highest BCUT2D eigenvalue weighted by molar-refractivity contribution is 5.89. The van der Waals surface area contributed by atoms with Gasteiger partial charge in [0.25, 0.3) is 0 Å². The molecule has 1 amide bonds. The van der Waals surface area contributed by atoms with Crippen molar-refractivity contribution >= 4 is 11.7 Å². The van der Waals surface area contributed by atoms with Crippen molar-refractivity contribution in [1.82, 2.24) is 15.1 Å². The maximum atomic E-state index is 11.4. The molecule has 0 unspecified atom stereocenters. The van der Waals surface area contributed by atoms with Crippen molar-refractivity contribution < 1.29 is 4.79 Å². The van der Waals surface area contributed by atoms with Crippen LogP contribution in [0.4, 0.5) is 5.82 Å². The van der Waals surface area contributed by atoms with Crippen LogP contribution >= 0.6 is 0 Å². The first kappa shape index (κ1) is 11.7. The van der Waals surface area contributed by atoms with Gasteiger partial charge in [-0.1, -0.05) is 13.8 Å². The number of aromatic nitrogens is 2. The number of carbonyl (C=O) groups is 1. The minimum Gasteiger partial charge on any atom is -0.314 e. The number of amides is 1. The molecule has 0 saturated carbocycles. The number of anilines is 1. The quantitative estimate of drug-likeness (QED) is 0.754. The van der Waals surface area contributed by atoms with Gasteiger partial charge in [-0.15, -0.1) is 0 Å². The third kappa shape index (κ3) is 4.60. The van der Waals surface area contributed by atoms with Gasteiger partial charge >= 0.3 is 0 Å². The highest BCUT2D eigenvalue weighted by Gasteiger charge is 2.04. The summed E-state index contributed by atoms with van der Waals surface area (Å²) in [7, 11) is 1.82. The number of aryl methyl sites for hydroxylation is 1. The number of hydrogen-bond acceptors (Lipinski definition) is 3. The first-order valence-corrected chi connectivity index (χ1v) is 5.11. The van der Waals surface area contributed by atoms with E-state index >= 15 is 0 Å². The van der Waals surface area contributed by atoms with E-state index in [9.17, 15) is 4.79 Å². The summed E-state index contributed by atoms with van der Waals surface area (Å²) >= 11 is 0. The van der Waals surface area contributed by atoms with Gasteiger partial charge in [-0.25, -0.2) is 0 Å². The SMILES string of the molecule is CC(C)NCCC(=O)Nc1ccn(C)n1.